The molecule has 1 aliphatic heterocycles. The fraction of sp³-hybridized carbons (Fsp3) is 0.500. The van der Waals surface area contributed by atoms with Crippen molar-refractivity contribution in [1.82, 2.24) is 14.5 Å². The number of hydrogen-bond donors (Lipinski definition) is 1. The van der Waals surface area contributed by atoms with Crippen molar-refractivity contribution in [2.45, 2.75) is 32.7 Å². The van der Waals surface area contributed by atoms with Crippen LogP contribution in [0.15, 0.2) is 18.2 Å². The number of aromatic nitrogens is 2. The number of rotatable bonds is 5. The molecule has 7 heteroatoms. The topological polar surface area (TPSA) is 68.6 Å². The molecule has 1 saturated heterocycles. The number of carbonyl (C=O) groups excluding carboxylic acids is 1. The average Bonchev–Trinajstić information content (AvgIpc) is 2.97. The van der Waals surface area contributed by atoms with Crippen LogP contribution in [0.5, 0.6) is 11.5 Å². The minimum absolute atomic E-state index is 0.213. The van der Waals surface area contributed by atoms with Crippen molar-refractivity contribution in [1.29, 1.82) is 0 Å². The van der Waals surface area contributed by atoms with Crippen molar-refractivity contribution in [2.24, 2.45) is 0 Å². The van der Waals surface area contributed by atoms with Gasteiger partial charge in [0.15, 0.2) is 11.5 Å². The second kappa shape index (κ2) is 8.00. The van der Waals surface area contributed by atoms with E-state index in [1.165, 1.54) is 0 Å². The number of anilines is 1. The number of imidazole rings is 1. The number of ether oxygens (including phenoxy) is 2. The van der Waals surface area contributed by atoms with E-state index < -0.39 is 0 Å². The van der Waals surface area contributed by atoms with Crippen LogP contribution in [0.2, 0.25) is 0 Å². The third-order valence-corrected chi connectivity index (χ3v) is 5.24. The molecule has 0 aliphatic carbocycles. The molecule has 0 radical (unpaired) electrons. The first kappa shape index (κ1) is 19.2. The molecule has 2 heterocycles. The Balaban J connectivity index is 1.80. The van der Waals surface area contributed by atoms with E-state index in [0.717, 1.165) is 37.4 Å². The monoisotopic (exact) mass is 372 g/mol. The molecule has 0 bridgehead atoms. The number of nitrogens with one attached hydrogen (secondary N) is 1. The van der Waals surface area contributed by atoms with Gasteiger partial charge >= 0.3 is 0 Å². The molecule has 0 spiro atoms. The third kappa shape index (κ3) is 3.93. The Morgan fingerprint density at radius 3 is 2.44 bits per heavy atom. The van der Waals surface area contributed by atoms with E-state index >= 15 is 0 Å². The van der Waals surface area contributed by atoms with E-state index in [4.69, 9.17) is 9.47 Å². The molecule has 1 aliphatic rings. The third-order valence-electron chi connectivity index (χ3n) is 5.24. The molecular weight excluding hydrogens is 344 g/mol. The van der Waals surface area contributed by atoms with Crippen LogP contribution in [0.3, 0.4) is 0 Å². The predicted octanol–water partition coefficient (Wildman–Crippen LogP) is 3.04. The largest absolute Gasteiger partial charge is 0.493 e. The molecule has 0 unspecified atom stereocenters. The normalized spacial score (nSPS) is 15.6. The molecule has 7 nitrogen and oxygen atoms in total. The summed E-state index contributed by atoms with van der Waals surface area (Å²) in [4.78, 5) is 19.7. The zero-order chi connectivity index (χ0) is 19.6. The van der Waals surface area contributed by atoms with Crippen LogP contribution in [0.4, 0.5) is 5.69 Å². The Bertz CT molecular complexity index is 823. The molecule has 1 aromatic carbocycles. The summed E-state index contributed by atoms with van der Waals surface area (Å²) in [5.74, 6) is 1.86. The predicted molar refractivity (Wildman–Crippen MR) is 105 cm³/mol. The number of aryl methyl sites for hydroxylation is 1. The highest BCUT2D eigenvalue weighted by Gasteiger charge is 2.25. The number of nitrogens with zero attached hydrogens (tertiary/aromatic N) is 3. The van der Waals surface area contributed by atoms with Gasteiger partial charge in [0.2, 0.25) is 0 Å². The molecule has 0 atom stereocenters. The molecule has 1 fully saturated rings. The number of piperidine rings is 1. The highest BCUT2D eigenvalue weighted by atomic mass is 16.5. The van der Waals surface area contributed by atoms with Gasteiger partial charge in [-0.25, -0.2) is 4.98 Å². The lowest BCUT2D eigenvalue weighted by Crippen LogP contribution is -2.32. The van der Waals surface area contributed by atoms with Gasteiger partial charge in [-0.1, -0.05) is 0 Å². The molecule has 27 heavy (non-hydrogen) atoms. The van der Waals surface area contributed by atoms with E-state index in [1.807, 2.05) is 13.8 Å². The second-order valence-electron chi connectivity index (χ2n) is 7.02. The van der Waals surface area contributed by atoms with Gasteiger partial charge < -0.3 is 24.3 Å². The van der Waals surface area contributed by atoms with Crippen molar-refractivity contribution >= 4 is 11.6 Å². The first-order valence-corrected chi connectivity index (χ1v) is 9.22. The van der Waals surface area contributed by atoms with Crippen LogP contribution in [-0.4, -0.2) is 54.7 Å². The fourth-order valence-corrected chi connectivity index (χ4v) is 3.76. The Kier molecular flexibility index (Phi) is 5.70. The minimum Gasteiger partial charge on any atom is -0.493 e. The van der Waals surface area contributed by atoms with Crippen molar-refractivity contribution < 1.29 is 14.3 Å². The zero-order valence-electron chi connectivity index (χ0n) is 16.7. The summed E-state index contributed by atoms with van der Waals surface area (Å²) >= 11 is 0. The van der Waals surface area contributed by atoms with Gasteiger partial charge in [-0.3, -0.25) is 4.79 Å². The SMILES string of the molecule is COc1ccc(NC(=O)c2nc(C)n(C3CCN(C)CC3)c2C)cc1OC. The van der Waals surface area contributed by atoms with E-state index in [1.54, 1.807) is 32.4 Å². The van der Waals surface area contributed by atoms with Crippen molar-refractivity contribution in [2.75, 3.05) is 39.7 Å². The number of benzene rings is 1. The summed E-state index contributed by atoms with van der Waals surface area (Å²) in [5.41, 5.74) is 2.03. The minimum atomic E-state index is -0.213. The lowest BCUT2D eigenvalue weighted by atomic mass is 10.0. The summed E-state index contributed by atoms with van der Waals surface area (Å²) < 4.78 is 12.8. The van der Waals surface area contributed by atoms with Crippen molar-refractivity contribution in [3.05, 3.63) is 35.4 Å². The second-order valence-corrected chi connectivity index (χ2v) is 7.02. The first-order valence-electron chi connectivity index (χ1n) is 9.22. The highest BCUT2D eigenvalue weighted by molar-refractivity contribution is 6.03. The summed E-state index contributed by atoms with van der Waals surface area (Å²) in [6, 6.07) is 5.70. The quantitative estimate of drug-likeness (QED) is 0.874. The molecule has 146 valence electrons. The Hall–Kier alpha value is -2.54. The summed E-state index contributed by atoms with van der Waals surface area (Å²) in [6.45, 7) is 6.07. The van der Waals surface area contributed by atoms with Crippen molar-refractivity contribution in [3.8, 4) is 11.5 Å². The maximum Gasteiger partial charge on any atom is 0.276 e. The molecule has 0 saturated carbocycles. The lowest BCUT2D eigenvalue weighted by Gasteiger charge is -2.31. The van der Waals surface area contributed by atoms with Crippen LogP contribution in [0.1, 0.15) is 40.9 Å². The van der Waals surface area contributed by atoms with Crippen LogP contribution >= 0.6 is 0 Å². The summed E-state index contributed by atoms with van der Waals surface area (Å²) in [6.07, 6.45) is 2.15. The number of hydrogen-bond acceptors (Lipinski definition) is 5. The van der Waals surface area contributed by atoms with Crippen LogP contribution in [0, 0.1) is 13.8 Å². The Morgan fingerprint density at radius 2 is 1.81 bits per heavy atom. The maximum atomic E-state index is 12.8. The fourth-order valence-electron chi connectivity index (χ4n) is 3.76. The van der Waals surface area contributed by atoms with E-state index in [0.29, 0.717) is 28.9 Å². The van der Waals surface area contributed by atoms with E-state index in [2.05, 4.69) is 26.8 Å². The van der Waals surface area contributed by atoms with E-state index in [-0.39, 0.29) is 5.91 Å². The lowest BCUT2D eigenvalue weighted by molar-refractivity contribution is 0.102. The van der Waals surface area contributed by atoms with Gasteiger partial charge in [0.1, 0.15) is 11.5 Å². The van der Waals surface area contributed by atoms with Gasteiger partial charge in [0.25, 0.3) is 5.91 Å². The van der Waals surface area contributed by atoms with Gasteiger partial charge in [-0.05, 0) is 59.0 Å². The smallest absolute Gasteiger partial charge is 0.276 e. The van der Waals surface area contributed by atoms with E-state index in [9.17, 15) is 4.79 Å². The first-order chi connectivity index (χ1) is 12.9. The Morgan fingerprint density at radius 1 is 1.15 bits per heavy atom. The maximum absolute atomic E-state index is 12.8. The highest BCUT2D eigenvalue weighted by Crippen LogP contribution is 2.30. The van der Waals surface area contributed by atoms with Gasteiger partial charge in [-0.15, -0.1) is 0 Å². The molecule has 1 N–H and O–H groups in total. The van der Waals surface area contributed by atoms with Gasteiger partial charge in [-0.2, -0.15) is 0 Å². The Labute approximate surface area is 160 Å². The number of carbonyl (C=O) groups is 1. The molecule has 1 aromatic heterocycles. The number of amides is 1. The van der Waals surface area contributed by atoms with Gasteiger partial charge in [0, 0.05) is 23.5 Å². The van der Waals surface area contributed by atoms with Crippen molar-refractivity contribution in [3.63, 3.8) is 0 Å². The molecule has 2 aromatic rings. The summed E-state index contributed by atoms with van der Waals surface area (Å²) in [5, 5.41) is 2.92. The van der Waals surface area contributed by atoms with Gasteiger partial charge in [0.05, 0.1) is 14.2 Å². The molecule has 3 rings (SSSR count). The summed E-state index contributed by atoms with van der Waals surface area (Å²) in [7, 11) is 5.30. The van der Waals surface area contributed by atoms with Crippen LogP contribution < -0.4 is 14.8 Å². The molecular formula is C20H28N4O3. The standard InChI is InChI=1S/C20H28N4O3/c1-13-19(21-14(2)24(13)16-8-10-23(3)11-9-16)20(25)22-15-6-7-17(26-4)18(12-15)27-5/h6-7,12,16H,8-11H2,1-5H3,(H,22,25). The average molecular weight is 372 g/mol. The van der Waals surface area contributed by atoms with Crippen LogP contribution in [-0.2, 0) is 0 Å². The van der Waals surface area contributed by atoms with Crippen LogP contribution in [0.25, 0.3) is 0 Å². The zero-order valence-corrected chi connectivity index (χ0v) is 16.7. The number of methoxy groups -OCH3 is 2. The molecule has 1 amide bonds. The number of likely N-dealkylation sites (tertiary alicyclic amines) is 1.